The molecule has 0 aliphatic carbocycles. The molecule has 0 spiro atoms. The number of benzene rings is 1. The minimum absolute atomic E-state index is 0.0659. The molecule has 0 aliphatic heterocycles. The number of carbonyl (C=O) groups is 1. The van der Waals surface area contributed by atoms with E-state index in [9.17, 15) is 4.79 Å². The van der Waals surface area contributed by atoms with Gasteiger partial charge in [-0.15, -0.1) is 11.3 Å². The number of nitrogens with one attached hydrogen (secondary N) is 2. The van der Waals surface area contributed by atoms with Crippen molar-refractivity contribution in [3.05, 3.63) is 47.0 Å². The molecule has 27 heavy (non-hydrogen) atoms. The van der Waals surface area contributed by atoms with Gasteiger partial charge in [0.25, 0.3) is 5.91 Å². The van der Waals surface area contributed by atoms with Gasteiger partial charge in [-0.25, -0.2) is 0 Å². The first-order chi connectivity index (χ1) is 12.9. The Kier molecular flexibility index (Phi) is 6.06. The quantitative estimate of drug-likeness (QED) is 0.586. The molecule has 144 valence electrons. The van der Waals surface area contributed by atoms with Gasteiger partial charge in [0.05, 0.1) is 22.4 Å². The lowest BCUT2D eigenvalue weighted by molar-refractivity contribution is 0.0950. The third-order valence-electron chi connectivity index (χ3n) is 3.92. The van der Waals surface area contributed by atoms with Gasteiger partial charge in [-0.05, 0) is 69.3 Å². The smallest absolute Gasteiger partial charge is 0.267 e. The number of aromatic nitrogens is 1. The summed E-state index contributed by atoms with van der Waals surface area (Å²) in [4.78, 5) is 15.5. The highest BCUT2D eigenvalue weighted by molar-refractivity contribution is 7.17. The van der Waals surface area contributed by atoms with Crippen LogP contribution in [-0.2, 0) is 6.42 Å². The van der Waals surface area contributed by atoms with Crippen molar-refractivity contribution in [1.29, 1.82) is 0 Å². The minimum Gasteiger partial charge on any atom is -0.487 e. The van der Waals surface area contributed by atoms with Crippen molar-refractivity contribution in [2.75, 3.05) is 6.54 Å². The van der Waals surface area contributed by atoms with Crippen LogP contribution in [0, 0.1) is 0 Å². The zero-order chi connectivity index (χ0) is 19.4. The number of amides is 1. The Morgan fingerprint density at radius 2 is 1.81 bits per heavy atom. The van der Waals surface area contributed by atoms with Crippen molar-refractivity contribution in [2.24, 2.45) is 0 Å². The highest BCUT2D eigenvalue weighted by atomic mass is 32.1. The molecule has 0 saturated heterocycles. The number of thiophene rings is 1. The van der Waals surface area contributed by atoms with E-state index < -0.39 is 0 Å². The number of H-pyrrole nitrogens is 1. The second-order valence-electron chi connectivity index (χ2n) is 7.00. The highest BCUT2D eigenvalue weighted by Gasteiger charge is 2.12. The third kappa shape index (κ3) is 5.04. The summed E-state index contributed by atoms with van der Waals surface area (Å²) in [5.74, 6) is 1.40. The van der Waals surface area contributed by atoms with E-state index in [2.05, 4.69) is 10.3 Å². The van der Waals surface area contributed by atoms with E-state index in [1.165, 1.54) is 0 Å². The molecule has 3 rings (SSSR count). The molecule has 0 bridgehead atoms. The Balaban J connectivity index is 1.61. The van der Waals surface area contributed by atoms with Crippen LogP contribution in [0.2, 0.25) is 0 Å². The molecule has 0 aliphatic rings. The first-order valence-electron chi connectivity index (χ1n) is 9.23. The topological polar surface area (TPSA) is 63.3 Å². The Bertz CT molecular complexity index is 883. The maximum atomic E-state index is 12.3. The fraction of sp³-hybridized carbons (Fsp3) is 0.381. The van der Waals surface area contributed by atoms with Gasteiger partial charge in [-0.3, -0.25) is 4.79 Å². The second-order valence-corrected chi connectivity index (χ2v) is 7.95. The molecule has 2 N–H and O–H groups in total. The number of hydrogen-bond acceptors (Lipinski definition) is 4. The molecule has 0 fully saturated rings. The largest absolute Gasteiger partial charge is 0.487 e. The summed E-state index contributed by atoms with van der Waals surface area (Å²) in [5, 5.41) is 4.97. The number of rotatable bonds is 8. The van der Waals surface area contributed by atoms with E-state index in [-0.39, 0.29) is 18.1 Å². The van der Waals surface area contributed by atoms with Gasteiger partial charge in [0.15, 0.2) is 11.5 Å². The van der Waals surface area contributed by atoms with Gasteiger partial charge in [0, 0.05) is 6.54 Å². The van der Waals surface area contributed by atoms with Crippen molar-refractivity contribution < 1.29 is 14.3 Å². The molecule has 1 aromatic carbocycles. The van der Waals surface area contributed by atoms with E-state index in [0.717, 1.165) is 33.7 Å². The minimum atomic E-state index is -0.0863. The molecule has 2 aromatic heterocycles. The Morgan fingerprint density at radius 3 is 2.52 bits per heavy atom. The highest BCUT2D eigenvalue weighted by Crippen LogP contribution is 2.30. The lowest BCUT2D eigenvalue weighted by Gasteiger charge is -2.18. The van der Waals surface area contributed by atoms with Crippen molar-refractivity contribution in [2.45, 2.75) is 46.3 Å². The average Bonchev–Trinajstić information content (AvgIpc) is 3.18. The van der Waals surface area contributed by atoms with Crippen LogP contribution in [-0.4, -0.2) is 29.6 Å². The number of ether oxygens (including phenoxy) is 2. The molecule has 0 unspecified atom stereocenters. The molecular weight excluding hydrogens is 360 g/mol. The average molecular weight is 387 g/mol. The zero-order valence-corrected chi connectivity index (χ0v) is 17.0. The van der Waals surface area contributed by atoms with E-state index >= 15 is 0 Å². The molecule has 1 amide bonds. The third-order valence-corrected chi connectivity index (χ3v) is 4.78. The summed E-state index contributed by atoms with van der Waals surface area (Å²) in [6.07, 6.45) is 0.869. The standard InChI is InChI=1S/C21H26N2O3S/c1-13(2)25-18-6-5-15(11-19(18)26-14(3)4)7-9-22-21(24)17-12-20-16(23-17)8-10-27-20/h5-6,8,10-14,23H,7,9H2,1-4H3,(H,22,24). The summed E-state index contributed by atoms with van der Waals surface area (Å²) in [7, 11) is 0. The monoisotopic (exact) mass is 386 g/mol. The van der Waals surface area contributed by atoms with Crippen LogP contribution in [0.4, 0.5) is 0 Å². The van der Waals surface area contributed by atoms with E-state index in [0.29, 0.717) is 12.2 Å². The molecule has 3 aromatic rings. The van der Waals surface area contributed by atoms with E-state index in [4.69, 9.17) is 9.47 Å². The van der Waals surface area contributed by atoms with Crippen LogP contribution in [0.15, 0.2) is 35.7 Å². The Labute approximate surface area is 163 Å². The van der Waals surface area contributed by atoms with Crippen LogP contribution in [0.25, 0.3) is 10.2 Å². The van der Waals surface area contributed by atoms with Crippen molar-refractivity contribution in [3.8, 4) is 11.5 Å². The second kappa shape index (κ2) is 8.48. The lowest BCUT2D eigenvalue weighted by atomic mass is 10.1. The van der Waals surface area contributed by atoms with Crippen LogP contribution in [0.1, 0.15) is 43.7 Å². The predicted octanol–water partition coefficient (Wildman–Crippen LogP) is 4.78. The lowest BCUT2D eigenvalue weighted by Crippen LogP contribution is -2.26. The molecule has 5 nitrogen and oxygen atoms in total. The van der Waals surface area contributed by atoms with Crippen LogP contribution in [0.5, 0.6) is 11.5 Å². The maximum absolute atomic E-state index is 12.3. The summed E-state index contributed by atoms with van der Waals surface area (Å²) in [5.41, 5.74) is 2.69. The maximum Gasteiger partial charge on any atom is 0.267 e. The number of fused-ring (bicyclic) bond motifs is 1. The summed E-state index contributed by atoms with van der Waals surface area (Å²) < 4.78 is 12.8. The molecule has 0 atom stereocenters. The Hall–Kier alpha value is -2.47. The number of aromatic amines is 1. The molecule has 0 saturated carbocycles. The number of hydrogen-bond donors (Lipinski definition) is 2. The van der Waals surface area contributed by atoms with Crippen LogP contribution in [0.3, 0.4) is 0 Å². The van der Waals surface area contributed by atoms with Crippen LogP contribution >= 0.6 is 11.3 Å². The van der Waals surface area contributed by atoms with E-state index in [1.807, 2.05) is 63.4 Å². The number of carbonyl (C=O) groups excluding carboxylic acids is 1. The van der Waals surface area contributed by atoms with Crippen LogP contribution < -0.4 is 14.8 Å². The summed E-state index contributed by atoms with van der Waals surface area (Å²) >= 11 is 1.62. The molecule has 2 heterocycles. The van der Waals surface area contributed by atoms with Crippen molar-refractivity contribution in [1.82, 2.24) is 10.3 Å². The summed E-state index contributed by atoms with van der Waals surface area (Å²) in [6, 6.07) is 9.82. The van der Waals surface area contributed by atoms with Gasteiger partial charge in [0.2, 0.25) is 0 Å². The van der Waals surface area contributed by atoms with Gasteiger partial charge in [-0.2, -0.15) is 0 Å². The first kappa shape index (κ1) is 19.3. The molecule has 0 radical (unpaired) electrons. The molecular formula is C21H26N2O3S. The van der Waals surface area contributed by atoms with Crippen molar-refractivity contribution >= 4 is 27.5 Å². The van der Waals surface area contributed by atoms with Crippen molar-refractivity contribution in [3.63, 3.8) is 0 Å². The zero-order valence-electron chi connectivity index (χ0n) is 16.2. The van der Waals surface area contributed by atoms with Gasteiger partial charge in [0.1, 0.15) is 5.69 Å². The van der Waals surface area contributed by atoms with Gasteiger partial charge < -0.3 is 19.8 Å². The first-order valence-corrected chi connectivity index (χ1v) is 10.1. The predicted molar refractivity (Wildman–Crippen MR) is 110 cm³/mol. The normalized spacial score (nSPS) is 11.3. The summed E-state index contributed by atoms with van der Waals surface area (Å²) in [6.45, 7) is 8.53. The fourth-order valence-electron chi connectivity index (χ4n) is 2.79. The fourth-order valence-corrected chi connectivity index (χ4v) is 3.57. The Morgan fingerprint density at radius 1 is 1.07 bits per heavy atom. The molecule has 6 heteroatoms. The van der Waals surface area contributed by atoms with Gasteiger partial charge in [-0.1, -0.05) is 6.07 Å². The van der Waals surface area contributed by atoms with Gasteiger partial charge >= 0.3 is 0 Å². The van der Waals surface area contributed by atoms with E-state index in [1.54, 1.807) is 11.3 Å². The SMILES string of the molecule is CC(C)Oc1ccc(CCNC(=O)c2cc3sccc3[nH]2)cc1OC(C)C.